The van der Waals surface area contributed by atoms with Crippen molar-refractivity contribution in [1.82, 2.24) is 19.5 Å². The number of pyridine rings is 2. The van der Waals surface area contributed by atoms with E-state index >= 15 is 0 Å². The van der Waals surface area contributed by atoms with Crippen LogP contribution < -0.4 is 0 Å². The fourth-order valence-electron chi connectivity index (χ4n) is 3.45. The molecule has 0 saturated heterocycles. The first-order valence-corrected chi connectivity index (χ1v) is 11.2. The predicted molar refractivity (Wildman–Crippen MR) is 119 cm³/mol. The maximum absolute atomic E-state index is 14.0. The quantitative estimate of drug-likeness (QED) is 0.208. The van der Waals surface area contributed by atoms with E-state index in [1.54, 1.807) is 13.0 Å². The van der Waals surface area contributed by atoms with Gasteiger partial charge >= 0.3 is 12.4 Å². The molecule has 0 spiro atoms. The number of hydrogen-bond acceptors (Lipinski definition) is 4. The molecule has 0 atom stereocenters. The molecule has 0 aliphatic rings. The van der Waals surface area contributed by atoms with Crippen LogP contribution in [0.15, 0.2) is 47.5 Å². The lowest BCUT2D eigenvalue weighted by molar-refractivity contribution is -0.141. The van der Waals surface area contributed by atoms with E-state index in [2.05, 4.69) is 15.0 Å². The van der Waals surface area contributed by atoms with Crippen LogP contribution in [-0.2, 0) is 19.4 Å². The van der Waals surface area contributed by atoms with Gasteiger partial charge in [-0.3, -0.25) is 0 Å². The van der Waals surface area contributed by atoms with Crippen molar-refractivity contribution in [3.63, 3.8) is 0 Å². The Morgan fingerprint density at radius 3 is 2.29 bits per heavy atom. The minimum absolute atomic E-state index is 0.00624. The van der Waals surface area contributed by atoms with Crippen LogP contribution in [0.1, 0.15) is 18.2 Å². The van der Waals surface area contributed by atoms with Gasteiger partial charge in [-0.2, -0.15) is 26.3 Å². The first kappa shape index (κ1) is 24.3. The predicted octanol–water partition coefficient (Wildman–Crippen LogP) is 7.50. The van der Waals surface area contributed by atoms with Crippen LogP contribution in [0.2, 0.25) is 5.02 Å². The lowest BCUT2D eigenvalue weighted by atomic mass is 10.0. The van der Waals surface area contributed by atoms with Gasteiger partial charge in [0.25, 0.3) is 0 Å². The third kappa shape index (κ3) is 4.46. The minimum atomic E-state index is -4.72. The Morgan fingerprint density at radius 1 is 0.971 bits per heavy atom. The molecule has 0 amide bonds. The number of hydrogen-bond donors (Lipinski definition) is 0. The second-order valence-corrected chi connectivity index (χ2v) is 8.91. The van der Waals surface area contributed by atoms with E-state index in [1.165, 1.54) is 29.8 Å². The molecule has 0 unspecified atom stereocenters. The number of nitrogens with zero attached hydrogens (tertiary/aromatic N) is 4. The molecule has 0 bridgehead atoms. The molecule has 3 heterocycles. The van der Waals surface area contributed by atoms with E-state index in [0.717, 1.165) is 30.1 Å². The van der Waals surface area contributed by atoms with Crippen molar-refractivity contribution < 1.29 is 26.3 Å². The van der Waals surface area contributed by atoms with Gasteiger partial charge < -0.3 is 4.57 Å². The topological polar surface area (TPSA) is 43.6 Å². The number of imidazole rings is 1. The third-order valence-electron chi connectivity index (χ3n) is 4.99. The maximum Gasteiger partial charge on any atom is 0.433 e. The molecule has 0 fully saturated rings. The van der Waals surface area contributed by atoms with Crippen molar-refractivity contribution in [3.05, 3.63) is 58.9 Å². The number of aryl methyl sites for hydroxylation is 1. The summed E-state index contributed by atoms with van der Waals surface area (Å²) in [5.41, 5.74) is -2.04. The molecule has 3 aromatic heterocycles. The lowest BCUT2D eigenvalue weighted by Gasteiger charge is -2.17. The highest BCUT2D eigenvalue weighted by atomic mass is 35.5. The average molecular weight is 517 g/mol. The molecule has 4 aromatic rings. The molecule has 0 aliphatic carbocycles. The largest absolute Gasteiger partial charge is 0.433 e. The van der Waals surface area contributed by atoms with Gasteiger partial charge in [0, 0.05) is 22.5 Å². The summed E-state index contributed by atoms with van der Waals surface area (Å²) in [7, 11) is 1.54. The van der Waals surface area contributed by atoms with Crippen LogP contribution in [0.25, 0.3) is 33.8 Å². The fraction of sp³-hybridized carbons (Fsp3) is 0.227. The van der Waals surface area contributed by atoms with Crippen LogP contribution in [0.4, 0.5) is 26.3 Å². The van der Waals surface area contributed by atoms with Crippen LogP contribution in [0, 0.1) is 0 Å². The zero-order valence-electron chi connectivity index (χ0n) is 17.6. The summed E-state index contributed by atoms with van der Waals surface area (Å²) in [6, 6.07) is 7.77. The summed E-state index contributed by atoms with van der Waals surface area (Å²) in [6.45, 7) is 1.76. The molecule has 12 heteroatoms. The number of benzene rings is 1. The standard InChI is InChI=1S/C22H15ClF6N4S/c1-3-34-16-8-12(21(24,25)26)18(11-6-4-5-7-13(11)23)32-19(16)20-31-14-9-17(22(27,28)29)30-10-15(14)33(20)2/h4-10H,3H2,1-2H3. The van der Waals surface area contributed by atoms with Gasteiger partial charge in [-0.05, 0) is 24.0 Å². The fourth-order valence-corrected chi connectivity index (χ4v) is 4.46. The molecule has 0 aliphatic heterocycles. The molecular formula is C22H15ClF6N4S. The number of halogens is 7. The van der Waals surface area contributed by atoms with E-state index < -0.39 is 29.3 Å². The van der Waals surface area contributed by atoms with Crippen molar-refractivity contribution in [1.29, 1.82) is 0 Å². The Hall–Kier alpha value is -2.79. The highest BCUT2D eigenvalue weighted by Crippen LogP contribution is 2.43. The van der Waals surface area contributed by atoms with Crippen LogP contribution in [0.3, 0.4) is 0 Å². The van der Waals surface area contributed by atoms with Gasteiger partial charge in [0.1, 0.15) is 11.4 Å². The Kier molecular flexibility index (Phi) is 6.28. The molecule has 1 aromatic carbocycles. The number of alkyl halides is 6. The highest BCUT2D eigenvalue weighted by Gasteiger charge is 2.37. The molecule has 0 saturated carbocycles. The summed E-state index contributed by atoms with van der Waals surface area (Å²) in [5.74, 6) is 0.537. The summed E-state index contributed by atoms with van der Waals surface area (Å²) < 4.78 is 82.8. The van der Waals surface area contributed by atoms with E-state index in [4.69, 9.17) is 11.6 Å². The van der Waals surface area contributed by atoms with E-state index in [1.807, 2.05) is 0 Å². The van der Waals surface area contributed by atoms with Crippen LogP contribution in [0.5, 0.6) is 0 Å². The number of aromatic nitrogens is 4. The maximum atomic E-state index is 14.0. The lowest BCUT2D eigenvalue weighted by Crippen LogP contribution is -2.11. The van der Waals surface area contributed by atoms with Gasteiger partial charge in [-0.15, -0.1) is 11.8 Å². The number of thioether (sulfide) groups is 1. The molecule has 178 valence electrons. The van der Waals surface area contributed by atoms with Crippen molar-refractivity contribution in [3.8, 4) is 22.8 Å². The van der Waals surface area contributed by atoms with Gasteiger partial charge in [0.05, 0.1) is 28.5 Å². The van der Waals surface area contributed by atoms with Gasteiger partial charge in [0.2, 0.25) is 0 Å². The Morgan fingerprint density at radius 2 is 1.68 bits per heavy atom. The Labute approximate surface area is 199 Å². The molecule has 34 heavy (non-hydrogen) atoms. The zero-order valence-corrected chi connectivity index (χ0v) is 19.2. The second kappa shape index (κ2) is 8.77. The molecule has 0 N–H and O–H groups in total. The summed E-state index contributed by atoms with van der Waals surface area (Å²) in [4.78, 5) is 12.3. The van der Waals surface area contributed by atoms with Crippen molar-refractivity contribution >= 4 is 34.4 Å². The number of fused-ring (bicyclic) bond motifs is 1. The van der Waals surface area contributed by atoms with Crippen LogP contribution in [-0.4, -0.2) is 25.3 Å². The summed E-state index contributed by atoms with van der Waals surface area (Å²) in [6.07, 6.45) is -8.36. The van der Waals surface area contributed by atoms with Gasteiger partial charge in [0.15, 0.2) is 5.82 Å². The van der Waals surface area contributed by atoms with Gasteiger partial charge in [-0.1, -0.05) is 36.7 Å². The molecular weight excluding hydrogens is 502 g/mol. The Bertz CT molecular complexity index is 1380. The summed E-state index contributed by atoms with van der Waals surface area (Å²) in [5, 5.41) is 0.0753. The van der Waals surface area contributed by atoms with Crippen molar-refractivity contribution in [2.75, 3.05) is 5.75 Å². The highest BCUT2D eigenvalue weighted by molar-refractivity contribution is 7.99. The van der Waals surface area contributed by atoms with Crippen molar-refractivity contribution in [2.24, 2.45) is 7.05 Å². The summed E-state index contributed by atoms with van der Waals surface area (Å²) >= 11 is 7.30. The average Bonchev–Trinajstić information content (AvgIpc) is 3.09. The van der Waals surface area contributed by atoms with Gasteiger partial charge in [-0.25, -0.2) is 15.0 Å². The zero-order chi connectivity index (χ0) is 24.8. The molecule has 4 nitrogen and oxygen atoms in total. The number of rotatable bonds is 4. The Balaban J connectivity index is 2.03. The monoisotopic (exact) mass is 516 g/mol. The first-order chi connectivity index (χ1) is 15.9. The molecule has 4 rings (SSSR count). The van der Waals surface area contributed by atoms with Crippen LogP contribution >= 0.6 is 23.4 Å². The second-order valence-electron chi connectivity index (χ2n) is 7.19. The third-order valence-corrected chi connectivity index (χ3v) is 6.23. The molecule has 0 radical (unpaired) electrons. The van der Waals surface area contributed by atoms with E-state index in [9.17, 15) is 26.3 Å². The van der Waals surface area contributed by atoms with Crippen molar-refractivity contribution in [2.45, 2.75) is 24.2 Å². The smallest absolute Gasteiger partial charge is 0.325 e. The minimum Gasteiger partial charge on any atom is -0.325 e. The SMILES string of the molecule is CCSc1cc(C(F)(F)F)c(-c2ccccc2Cl)nc1-c1nc2cc(C(F)(F)F)ncc2n1C. The van der Waals surface area contributed by atoms with E-state index in [0.29, 0.717) is 5.75 Å². The normalized spacial score (nSPS) is 12.5. The van der Waals surface area contributed by atoms with E-state index in [-0.39, 0.29) is 38.0 Å². The first-order valence-electron chi connectivity index (χ1n) is 9.81.